The van der Waals surface area contributed by atoms with Gasteiger partial charge in [-0.25, -0.2) is 4.79 Å². The van der Waals surface area contributed by atoms with Gasteiger partial charge in [0, 0.05) is 5.41 Å². The molecular formula is C44H58O5. The van der Waals surface area contributed by atoms with Gasteiger partial charge in [-0.3, -0.25) is 4.79 Å². The van der Waals surface area contributed by atoms with E-state index >= 15 is 0 Å². The summed E-state index contributed by atoms with van der Waals surface area (Å²) in [5, 5.41) is 9.53. The standard InChI is InChI=1S/C44H58O5/c1-27(2)31-19-22-43(38(47)48-26-28-11-9-8-10-12-28)24-23-41(6)32(36(31)43)17-18-34-40(5)25-35-44(49-35,30-15-13-29(14-16-30)37(45)46)39(3,4)33(40)20-21-42(34,41)7/h8-16,27,31-36H,17-26H2,1-7H3,(H,45,46)/t31-,32+,33-,34+,35-,36+,40-,41+,42+,43-,44-/m0/s1. The number of hydrogen-bond donors (Lipinski definition) is 1. The maximum atomic E-state index is 14.4. The largest absolute Gasteiger partial charge is 0.478 e. The van der Waals surface area contributed by atoms with Crippen LogP contribution in [0.2, 0.25) is 0 Å². The molecule has 1 heterocycles. The normalized spacial score (nSPS) is 44.5. The molecule has 2 aromatic rings. The van der Waals surface area contributed by atoms with Gasteiger partial charge >= 0.3 is 11.9 Å². The third-order valence-corrected chi connectivity index (χ3v) is 17.0. The molecule has 1 N–H and O–H groups in total. The zero-order chi connectivity index (χ0) is 34.8. The van der Waals surface area contributed by atoms with Crippen LogP contribution in [-0.2, 0) is 26.5 Å². The first-order valence-corrected chi connectivity index (χ1v) is 19.4. The molecule has 5 heteroatoms. The van der Waals surface area contributed by atoms with Gasteiger partial charge in [-0.15, -0.1) is 0 Å². The van der Waals surface area contributed by atoms with E-state index in [1.165, 1.54) is 25.7 Å². The van der Waals surface area contributed by atoms with Crippen LogP contribution in [0.3, 0.4) is 0 Å². The molecule has 0 aromatic heterocycles. The van der Waals surface area contributed by atoms with Crippen molar-refractivity contribution >= 4 is 11.9 Å². The summed E-state index contributed by atoms with van der Waals surface area (Å²) in [6.45, 7) is 18.0. The number of rotatable bonds is 6. The van der Waals surface area contributed by atoms with Crippen molar-refractivity contribution in [3.63, 3.8) is 0 Å². The van der Waals surface area contributed by atoms with Crippen LogP contribution in [0.1, 0.15) is 128 Å². The number of esters is 1. The van der Waals surface area contributed by atoms with E-state index in [2.05, 4.69) is 60.6 Å². The Morgan fingerprint density at radius 1 is 0.837 bits per heavy atom. The van der Waals surface area contributed by atoms with Crippen molar-refractivity contribution in [1.29, 1.82) is 0 Å². The lowest BCUT2D eigenvalue weighted by Crippen LogP contribution is -2.67. The molecular weight excluding hydrogens is 608 g/mol. The number of carbonyl (C=O) groups is 2. The van der Waals surface area contributed by atoms with Crippen molar-refractivity contribution in [3.05, 3.63) is 71.3 Å². The number of hydrogen-bond acceptors (Lipinski definition) is 4. The molecule has 0 bridgehead atoms. The van der Waals surface area contributed by atoms with Gasteiger partial charge in [-0.2, -0.15) is 0 Å². The second kappa shape index (κ2) is 10.9. The van der Waals surface area contributed by atoms with Gasteiger partial charge in [0.25, 0.3) is 0 Å². The molecule has 5 aliphatic carbocycles. The minimum absolute atomic E-state index is 0.0714. The summed E-state index contributed by atoms with van der Waals surface area (Å²) in [6.07, 6.45) is 10.2. The van der Waals surface area contributed by atoms with Crippen LogP contribution in [0.15, 0.2) is 54.6 Å². The first kappa shape index (κ1) is 33.5. The van der Waals surface area contributed by atoms with E-state index in [0.717, 1.165) is 43.2 Å². The van der Waals surface area contributed by atoms with E-state index in [1.54, 1.807) is 12.1 Å². The highest BCUT2D eigenvalue weighted by molar-refractivity contribution is 5.87. The van der Waals surface area contributed by atoms with Crippen molar-refractivity contribution in [3.8, 4) is 0 Å². The summed E-state index contributed by atoms with van der Waals surface area (Å²) in [7, 11) is 0. The quantitative estimate of drug-likeness (QED) is 0.245. The number of epoxide rings is 1. The molecule has 6 aliphatic rings. The first-order valence-electron chi connectivity index (χ1n) is 19.4. The molecule has 0 spiro atoms. The fourth-order valence-corrected chi connectivity index (χ4v) is 14.5. The Bertz CT molecular complexity index is 1630. The highest BCUT2D eigenvalue weighted by Gasteiger charge is 2.79. The van der Waals surface area contributed by atoms with Crippen LogP contribution in [0, 0.1) is 62.6 Å². The predicted molar refractivity (Wildman–Crippen MR) is 191 cm³/mol. The van der Waals surface area contributed by atoms with Gasteiger partial charge in [0.1, 0.15) is 12.2 Å². The second-order valence-electron chi connectivity index (χ2n) is 19.0. The van der Waals surface area contributed by atoms with Crippen molar-refractivity contribution < 1.29 is 24.2 Å². The number of benzene rings is 2. The molecule has 8 rings (SSSR count). The number of carboxylic acids is 1. The summed E-state index contributed by atoms with van der Waals surface area (Å²) in [5.41, 5.74) is 2.28. The number of carbonyl (C=O) groups excluding carboxylic acids is 1. The predicted octanol–water partition coefficient (Wildman–Crippen LogP) is 10.1. The maximum absolute atomic E-state index is 14.4. The molecule has 0 unspecified atom stereocenters. The monoisotopic (exact) mass is 666 g/mol. The Kier molecular flexibility index (Phi) is 7.46. The fraction of sp³-hybridized carbons (Fsp3) is 0.682. The Labute approximate surface area is 293 Å². The van der Waals surface area contributed by atoms with Crippen LogP contribution >= 0.6 is 0 Å². The summed E-state index contributed by atoms with van der Waals surface area (Å²) >= 11 is 0. The third-order valence-electron chi connectivity index (χ3n) is 17.0. The topological polar surface area (TPSA) is 76.1 Å². The lowest BCUT2D eigenvalue weighted by atomic mass is 9.31. The van der Waals surface area contributed by atoms with E-state index in [-0.39, 0.29) is 44.7 Å². The average molecular weight is 667 g/mol. The van der Waals surface area contributed by atoms with Crippen LogP contribution in [-0.4, -0.2) is 23.1 Å². The van der Waals surface area contributed by atoms with Gasteiger partial charge in [-0.05, 0) is 133 Å². The maximum Gasteiger partial charge on any atom is 0.335 e. The van der Waals surface area contributed by atoms with Crippen LogP contribution in [0.5, 0.6) is 0 Å². The molecule has 0 amide bonds. The minimum Gasteiger partial charge on any atom is -0.478 e. The Morgan fingerprint density at radius 3 is 2.22 bits per heavy atom. The van der Waals surface area contributed by atoms with Gasteiger partial charge in [0.05, 0.1) is 17.1 Å². The number of aromatic carboxylic acids is 1. The van der Waals surface area contributed by atoms with E-state index < -0.39 is 5.97 Å². The smallest absolute Gasteiger partial charge is 0.335 e. The molecule has 5 saturated carbocycles. The minimum atomic E-state index is -0.884. The molecule has 49 heavy (non-hydrogen) atoms. The Balaban J connectivity index is 1.10. The molecule has 264 valence electrons. The third kappa shape index (κ3) is 4.32. The van der Waals surface area contributed by atoms with Crippen LogP contribution in [0.4, 0.5) is 0 Å². The molecule has 0 radical (unpaired) electrons. The van der Waals surface area contributed by atoms with Gasteiger partial charge in [0.2, 0.25) is 0 Å². The molecule has 5 nitrogen and oxygen atoms in total. The van der Waals surface area contributed by atoms with E-state index in [9.17, 15) is 14.7 Å². The van der Waals surface area contributed by atoms with E-state index in [4.69, 9.17) is 9.47 Å². The molecule has 6 fully saturated rings. The molecule has 2 aromatic carbocycles. The SMILES string of the molecule is CC(C)[C@@H]1CC[C@]2(C(=O)OCc3ccccc3)CC[C@]3(C)[C@H](CC[C@@H]4[C@@]5(C)C[C@@H]6O[C@]6(c6ccc(C(=O)O)cc6)C(C)(C)[C@@H]5CC[C@]43C)[C@@H]12. The molecule has 11 atom stereocenters. The highest BCUT2D eigenvalue weighted by atomic mass is 16.6. The lowest BCUT2D eigenvalue weighted by molar-refractivity contribution is -0.241. The summed E-state index contributed by atoms with van der Waals surface area (Å²) in [4.78, 5) is 26.0. The summed E-state index contributed by atoms with van der Waals surface area (Å²) < 4.78 is 13.1. The highest BCUT2D eigenvalue weighted by Crippen LogP contribution is 2.81. The van der Waals surface area contributed by atoms with Gasteiger partial charge in [0.15, 0.2) is 0 Å². The number of carboxylic acid groups (broad SMARTS) is 1. The van der Waals surface area contributed by atoms with Crippen molar-refractivity contribution in [2.24, 2.45) is 62.6 Å². The van der Waals surface area contributed by atoms with Gasteiger partial charge < -0.3 is 14.6 Å². The lowest BCUT2D eigenvalue weighted by Gasteiger charge is -2.72. The summed E-state index contributed by atoms with van der Waals surface area (Å²) in [5.74, 6) is 2.33. The Hall–Kier alpha value is -2.66. The summed E-state index contributed by atoms with van der Waals surface area (Å²) in [6, 6.07) is 17.7. The van der Waals surface area contributed by atoms with Crippen LogP contribution in [0.25, 0.3) is 0 Å². The van der Waals surface area contributed by atoms with Crippen molar-refractivity contribution in [1.82, 2.24) is 0 Å². The molecule has 1 aliphatic heterocycles. The zero-order valence-corrected chi connectivity index (χ0v) is 30.9. The number of ether oxygens (including phenoxy) is 2. The first-order chi connectivity index (χ1) is 23.2. The van der Waals surface area contributed by atoms with Crippen molar-refractivity contribution in [2.45, 2.75) is 125 Å². The van der Waals surface area contributed by atoms with Gasteiger partial charge in [-0.1, -0.05) is 90.9 Å². The Morgan fingerprint density at radius 2 is 1.55 bits per heavy atom. The zero-order valence-electron chi connectivity index (χ0n) is 30.9. The average Bonchev–Trinajstić information content (AvgIpc) is 3.66. The van der Waals surface area contributed by atoms with Crippen LogP contribution < -0.4 is 0 Å². The van der Waals surface area contributed by atoms with E-state index in [0.29, 0.717) is 47.7 Å². The van der Waals surface area contributed by atoms with E-state index in [1.807, 2.05) is 30.3 Å². The number of fused-ring (bicyclic) bond motifs is 8. The van der Waals surface area contributed by atoms with Crippen molar-refractivity contribution in [2.75, 3.05) is 0 Å². The molecule has 1 saturated heterocycles. The second-order valence-corrected chi connectivity index (χ2v) is 19.0. The fourth-order valence-electron chi connectivity index (χ4n) is 14.5.